The number of nitrogens with one attached hydrogen (secondary N) is 1. The summed E-state index contributed by atoms with van der Waals surface area (Å²) in [7, 11) is 0. The van der Waals surface area contributed by atoms with Crippen LogP contribution in [-0.2, 0) is 9.53 Å². The highest BCUT2D eigenvalue weighted by Gasteiger charge is 2.21. The second-order valence-corrected chi connectivity index (χ2v) is 5.21. The molecule has 1 atom stereocenters. The summed E-state index contributed by atoms with van der Waals surface area (Å²) >= 11 is 0. The number of carboxylic acid groups (broad SMARTS) is 1. The normalized spacial score (nSPS) is 12.2. The largest absolute Gasteiger partial charge is 0.480 e. The maximum Gasteiger partial charge on any atom is 0.407 e. The average Bonchev–Trinajstić information content (AvgIpc) is 2.32. The predicted octanol–water partition coefficient (Wildman–Crippen LogP) is 3.18. The summed E-state index contributed by atoms with van der Waals surface area (Å²) in [5.41, 5.74) is 0. The van der Waals surface area contributed by atoms with Gasteiger partial charge in [-0.1, -0.05) is 46.5 Å². The van der Waals surface area contributed by atoms with Crippen LogP contribution in [0.15, 0.2) is 0 Å². The Labute approximate surface area is 115 Å². The van der Waals surface area contributed by atoms with Crippen molar-refractivity contribution in [2.45, 2.75) is 65.3 Å². The minimum absolute atomic E-state index is 0.204. The van der Waals surface area contributed by atoms with E-state index in [0.717, 1.165) is 19.3 Å². The molecule has 0 aromatic rings. The van der Waals surface area contributed by atoms with Crippen LogP contribution in [0.1, 0.15) is 59.3 Å². The third kappa shape index (κ3) is 10.4. The van der Waals surface area contributed by atoms with Gasteiger partial charge in [-0.3, -0.25) is 0 Å². The SMILES string of the molecule is CCCCCCCOC(=O)NC(CC(C)C)C(=O)O. The predicted molar refractivity (Wildman–Crippen MR) is 74.1 cm³/mol. The molecule has 0 aromatic heterocycles. The van der Waals surface area contributed by atoms with E-state index in [1.54, 1.807) is 0 Å². The van der Waals surface area contributed by atoms with Gasteiger partial charge in [0.1, 0.15) is 6.04 Å². The Kier molecular flexibility index (Phi) is 9.94. The zero-order valence-electron chi connectivity index (χ0n) is 12.3. The lowest BCUT2D eigenvalue weighted by molar-refractivity contribution is -0.139. The molecule has 0 saturated carbocycles. The first-order chi connectivity index (χ1) is 8.97. The number of carboxylic acids is 1. The summed E-state index contributed by atoms with van der Waals surface area (Å²) in [4.78, 5) is 22.4. The summed E-state index contributed by atoms with van der Waals surface area (Å²) in [5.74, 6) is -0.816. The Hall–Kier alpha value is -1.26. The lowest BCUT2D eigenvalue weighted by Crippen LogP contribution is -2.42. The van der Waals surface area contributed by atoms with Crippen LogP contribution in [-0.4, -0.2) is 29.8 Å². The van der Waals surface area contributed by atoms with Gasteiger partial charge in [0.15, 0.2) is 0 Å². The summed E-state index contributed by atoms with van der Waals surface area (Å²) in [6.07, 6.45) is 5.15. The van der Waals surface area contributed by atoms with Crippen LogP contribution >= 0.6 is 0 Å². The summed E-state index contributed by atoms with van der Waals surface area (Å²) in [6, 6.07) is -0.868. The average molecular weight is 273 g/mol. The van der Waals surface area contributed by atoms with Crippen LogP contribution in [0.3, 0.4) is 0 Å². The molecule has 5 nitrogen and oxygen atoms in total. The molecule has 1 unspecified atom stereocenters. The number of carbonyl (C=O) groups excluding carboxylic acids is 1. The first-order valence-corrected chi connectivity index (χ1v) is 7.13. The number of ether oxygens (including phenoxy) is 1. The molecule has 0 fully saturated rings. The van der Waals surface area contributed by atoms with Crippen molar-refractivity contribution in [1.82, 2.24) is 5.32 Å². The van der Waals surface area contributed by atoms with Crippen molar-refractivity contribution >= 4 is 12.1 Å². The maximum atomic E-state index is 11.4. The van der Waals surface area contributed by atoms with E-state index < -0.39 is 18.1 Å². The molecule has 0 rings (SSSR count). The van der Waals surface area contributed by atoms with Crippen molar-refractivity contribution in [3.8, 4) is 0 Å². The lowest BCUT2D eigenvalue weighted by Gasteiger charge is -2.16. The van der Waals surface area contributed by atoms with Crippen molar-refractivity contribution in [3.63, 3.8) is 0 Å². The number of aliphatic carboxylic acids is 1. The van der Waals surface area contributed by atoms with E-state index in [1.807, 2.05) is 13.8 Å². The van der Waals surface area contributed by atoms with E-state index in [1.165, 1.54) is 12.8 Å². The van der Waals surface area contributed by atoms with E-state index in [9.17, 15) is 9.59 Å². The van der Waals surface area contributed by atoms with Crippen LogP contribution in [0.5, 0.6) is 0 Å². The first-order valence-electron chi connectivity index (χ1n) is 7.13. The van der Waals surface area contributed by atoms with Gasteiger partial charge >= 0.3 is 12.1 Å². The molecular weight excluding hydrogens is 246 g/mol. The fourth-order valence-corrected chi connectivity index (χ4v) is 1.75. The highest BCUT2D eigenvalue weighted by molar-refractivity contribution is 5.79. The van der Waals surface area contributed by atoms with E-state index in [2.05, 4.69) is 12.2 Å². The molecule has 112 valence electrons. The number of unbranched alkanes of at least 4 members (excludes halogenated alkanes) is 4. The van der Waals surface area contributed by atoms with Crippen molar-refractivity contribution in [3.05, 3.63) is 0 Å². The fraction of sp³-hybridized carbons (Fsp3) is 0.857. The number of rotatable bonds is 10. The van der Waals surface area contributed by atoms with Crippen molar-refractivity contribution in [2.75, 3.05) is 6.61 Å². The van der Waals surface area contributed by atoms with Crippen molar-refractivity contribution in [1.29, 1.82) is 0 Å². The van der Waals surface area contributed by atoms with Gasteiger partial charge in [0.2, 0.25) is 0 Å². The Balaban J connectivity index is 3.78. The van der Waals surface area contributed by atoms with Gasteiger partial charge in [0, 0.05) is 0 Å². The fourth-order valence-electron chi connectivity index (χ4n) is 1.75. The maximum absolute atomic E-state index is 11.4. The van der Waals surface area contributed by atoms with E-state index in [0.29, 0.717) is 13.0 Å². The monoisotopic (exact) mass is 273 g/mol. The molecule has 0 bridgehead atoms. The van der Waals surface area contributed by atoms with Crippen LogP contribution in [0.2, 0.25) is 0 Å². The molecule has 0 aromatic carbocycles. The highest BCUT2D eigenvalue weighted by atomic mass is 16.5. The van der Waals surface area contributed by atoms with Crippen LogP contribution in [0.25, 0.3) is 0 Å². The summed E-state index contributed by atoms with van der Waals surface area (Å²) in [6.45, 7) is 6.32. The lowest BCUT2D eigenvalue weighted by atomic mass is 10.0. The molecule has 0 aliphatic heterocycles. The summed E-state index contributed by atoms with van der Waals surface area (Å²) in [5, 5.41) is 11.4. The van der Waals surface area contributed by atoms with Crippen LogP contribution in [0.4, 0.5) is 4.79 Å². The van der Waals surface area contributed by atoms with Gasteiger partial charge in [0.05, 0.1) is 6.61 Å². The molecule has 0 radical (unpaired) electrons. The quantitative estimate of drug-likeness (QED) is 0.599. The second kappa shape index (κ2) is 10.6. The zero-order valence-corrected chi connectivity index (χ0v) is 12.3. The van der Waals surface area contributed by atoms with Gasteiger partial charge in [-0.25, -0.2) is 9.59 Å². The molecule has 19 heavy (non-hydrogen) atoms. The molecule has 0 heterocycles. The highest BCUT2D eigenvalue weighted by Crippen LogP contribution is 2.06. The van der Waals surface area contributed by atoms with Gasteiger partial charge in [-0.2, -0.15) is 0 Å². The van der Waals surface area contributed by atoms with Crippen molar-refractivity contribution < 1.29 is 19.4 Å². The number of carbonyl (C=O) groups is 2. The van der Waals surface area contributed by atoms with Gasteiger partial charge in [-0.15, -0.1) is 0 Å². The summed E-state index contributed by atoms with van der Waals surface area (Å²) < 4.78 is 4.97. The molecule has 5 heteroatoms. The number of hydrogen-bond acceptors (Lipinski definition) is 3. The topological polar surface area (TPSA) is 75.6 Å². The molecule has 0 saturated heterocycles. The zero-order chi connectivity index (χ0) is 14.7. The Morgan fingerprint density at radius 3 is 2.32 bits per heavy atom. The number of alkyl carbamates (subject to hydrolysis) is 1. The van der Waals surface area contributed by atoms with E-state index in [4.69, 9.17) is 9.84 Å². The van der Waals surface area contributed by atoms with Gasteiger partial charge in [-0.05, 0) is 18.8 Å². The first kappa shape index (κ1) is 17.7. The molecule has 1 amide bonds. The van der Waals surface area contributed by atoms with Gasteiger partial charge in [0.25, 0.3) is 0 Å². The molecule has 0 aliphatic carbocycles. The van der Waals surface area contributed by atoms with Crippen molar-refractivity contribution in [2.24, 2.45) is 5.92 Å². The van der Waals surface area contributed by atoms with E-state index >= 15 is 0 Å². The number of amides is 1. The third-order valence-electron chi connectivity index (χ3n) is 2.78. The van der Waals surface area contributed by atoms with E-state index in [-0.39, 0.29) is 5.92 Å². The standard InChI is InChI=1S/C14H27NO4/c1-4-5-6-7-8-9-19-14(18)15-12(13(16)17)10-11(2)3/h11-12H,4-10H2,1-3H3,(H,15,18)(H,16,17). The molecule has 2 N–H and O–H groups in total. The molecular formula is C14H27NO4. The van der Waals surface area contributed by atoms with Crippen LogP contribution < -0.4 is 5.32 Å². The Bertz CT molecular complexity index is 266. The Morgan fingerprint density at radius 2 is 1.79 bits per heavy atom. The smallest absolute Gasteiger partial charge is 0.407 e. The number of hydrogen-bond donors (Lipinski definition) is 2. The molecule has 0 spiro atoms. The third-order valence-corrected chi connectivity index (χ3v) is 2.78. The van der Waals surface area contributed by atoms with Gasteiger partial charge < -0.3 is 15.2 Å². The minimum atomic E-state index is -1.02. The Morgan fingerprint density at radius 1 is 1.16 bits per heavy atom. The van der Waals surface area contributed by atoms with Crippen LogP contribution in [0, 0.1) is 5.92 Å². The molecule has 0 aliphatic rings. The second-order valence-electron chi connectivity index (χ2n) is 5.21. The minimum Gasteiger partial charge on any atom is -0.480 e.